The van der Waals surface area contributed by atoms with Gasteiger partial charge in [-0.15, -0.1) is 0 Å². The topological polar surface area (TPSA) is 18.5 Å². The summed E-state index contributed by atoms with van der Waals surface area (Å²) >= 11 is 5.27. The van der Waals surface area contributed by atoms with Gasteiger partial charge in [0.25, 0.3) is 0 Å². The van der Waals surface area contributed by atoms with Crippen molar-refractivity contribution in [1.29, 1.82) is 0 Å². The van der Waals surface area contributed by atoms with Crippen molar-refractivity contribution < 1.29 is 9.47 Å². The molecule has 0 radical (unpaired) electrons. The zero-order valence-electron chi connectivity index (χ0n) is 7.15. The minimum Gasteiger partial charge on any atom is -0.493 e. The van der Waals surface area contributed by atoms with Gasteiger partial charge < -0.3 is 9.47 Å². The van der Waals surface area contributed by atoms with Crippen LogP contribution in [0.5, 0.6) is 0 Å². The molecule has 0 N–H and O–H groups in total. The van der Waals surface area contributed by atoms with Gasteiger partial charge in [0.15, 0.2) is 6.07 Å². The van der Waals surface area contributed by atoms with E-state index in [9.17, 15) is 0 Å². The molecule has 1 aromatic carbocycles. The van der Waals surface area contributed by atoms with Gasteiger partial charge >= 0.3 is 0 Å². The van der Waals surface area contributed by atoms with E-state index in [1.807, 2.05) is 30.3 Å². The van der Waals surface area contributed by atoms with E-state index in [0.29, 0.717) is 6.61 Å². The highest BCUT2D eigenvalue weighted by atomic mass is 35.5. The molecule has 13 heavy (non-hydrogen) atoms. The largest absolute Gasteiger partial charge is 0.493 e. The molecule has 0 aliphatic rings. The summed E-state index contributed by atoms with van der Waals surface area (Å²) in [6, 6.07) is 10.0. The highest BCUT2D eigenvalue weighted by Crippen LogP contribution is 2.00. The van der Waals surface area contributed by atoms with Crippen LogP contribution in [0.2, 0.25) is 0 Å². The van der Waals surface area contributed by atoms with Gasteiger partial charge in [-0.3, -0.25) is 0 Å². The second-order valence-electron chi connectivity index (χ2n) is 2.34. The first kappa shape index (κ1) is 9.93. The van der Waals surface area contributed by atoms with Gasteiger partial charge in [-0.2, -0.15) is 0 Å². The van der Waals surface area contributed by atoms with Gasteiger partial charge in [0, 0.05) is 0 Å². The highest BCUT2D eigenvalue weighted by molar-refractivity contribution is 6.17. The lowest BCUT2D eigenvalue weighted by Crippen LogP contribution is -1.85. The molecule has 3 heteroatoms. The molecule has 0 fully saturated rings. The maximum Gasteiger partial charge on any atom is 0.161 e. The van der Waals surface area contributed by atoms with Gasteiger partial charge in [0.2, 0.25) is 0 Å². The summed E-state index contributed by atoms with van der Waals surface area (Å²) in [6.07, 6.45) is 2.91. The summed E-state index contributed by atoms with van der Waals surface area (Å²) in [5.74, 6) is 0. The Morgan fingerprint density at radius 3 is 2.46 bits per heavy atom. The summed E-state index contributed by atoms with van der Waals surface area (Å²) < 4.78 is 9.89. The zero-order chi connectivity index (χ0) is 9.36. The second kappa shape index (κ2) is 6.38. The van der Waals surface area contributed by atoms with Gasteiger partial charge in [0.05, 0.1) is 0 Å². The first-order valence-corrected chi connectivity index (χ1v) is 4.45. The monoisotopic (exact) mass is 198 g/mol. The number of alkyl halides is 1. The summed E-state index contributed by atoms with van der Waals surface area (Å²) in [5.41, 5.74) is 1.12. The molecule has 0 aromatic heterocycles. The Morgan fingerprint density at radius 1 is 1.08 bits per heavy atom. The summed E-state index contributed by atoms with van der Waals surface area (Å²) in [5, 5.41) is 0. The van der Waals surface area contributed by atoms with Gasteiger partial charge in [-0.25, -0.2) is 0 Å². The smallest absolute Gasteiger partial charge is 0.161 e. The predicted molar refractivity (Wildman–Crippen MR) is 52.2 cm³/mol. The van der Waals surface area contributed by atoms with E-state index in [-0.39, 0.29) is 6.07 Å². The van der Waals surface area contributed by atoms with E-state index >= 15 is 0 Å². The van der Waals surface area contributed by atoms with Crippen LogP contribution in [0.1, 0.15) is 5.56 Å². The van der Waals surface area contributed by atoms with Gasteiger partial charge in [-0.05, 0) is 5.56 Å². The van der Waals surface area contributed by atoms with Crippen molar-refractivity contribution in [2.45, 2.75) is 6.61 Å². The lowest BCUT2D eigenvalue weighted by atomic mass is 10.2. The van der Waals surface area contributed by atoms with E-state index in [0.717, 1.165) is 5.56 Å². The minimum atomic E-state index is 0.144. The van der Waals surface area contributed by atoms with Gasteiger partial charge in [-0.1, -0.05) is 41.9 Å². The number of ether oxygens (including phenoxy) is 2. The van der Waals surface area contributed by atoms with Crippen molar-refractivity contribution in [2.24, 2.45) is 0 Å². The van der Waals surface area contributed by atoms with Crippen LogP contribution in [-0.2, 0) is 16.1 Å². The van der Waals surface area contributed by atoms with Crippen molar-refractivity contribution in [2.75, 3.05) is 6.07 Å². The first-order valence-electron chi connectivity index (χ1n) is 3.91. The molecule has 0 amide bonds. The lowest BCUT2D eigenvalue weighted by Gasteiger charge is -1.99. The van der Waals surface area contributed by atoms with Crippen molar-refractivity contribution in [3.8, 4) is 0 Å². The van der Waals surface area contributed by atoms with Crippen molar-refractivity contribution >= 4 is 11.6 Å². The summed E-state index contributed by atoms with van der Waals surface area (Å²) in [7, 11) is 0. The molecule has 0 aliphatic heterocycles. The van der Waals surface area contributed by atoms with E-state index in [4.69, 9.17) is 21.1 Å². The molecule has 1 aromatic rings. The molecule has 1 rings (SSSR count). The molecule has 0 aliphatic carbocycles. The van der Waals surface area contributed by atoms with Crippen LogP contribution in [0.3, 0.4) is 0 Å². The Kier molecular flexibility index (Phi) is 4.87. The molecule has 0 saturated heterocycles. The Bertz CT molecular complexity index is 246. The SMILES string of the molecule is ClCO/C=C/OCc1ccccc1. The van der Waals surface area contributed by atoms with Crippen LogP contribution >= 0.6 is 11.6 Å². The molecule has 0 unspecified atom stereocenters. The average molecular weight is 199 g/mol. The number of hydrogen-bond acceptors (Lipinski definition) is 2. The molecule has 0 bridgehead atoms. The number of rotatable bonds is 5. The van der Waals surface area contributed by atoms with E-state index in [1.165, 1.54) is 12.5 Å². The van der Waals surface area contributed by atoms with Crippen molar-refractivity contribution in [1.82, 2.24) is 0 Å². The first-order chi connectivity index (χ1) is 6.43. The molecule has 0 spiro atoms. The van der Waals surface area contributed by atoms with Crippen LogP contribution in [0.25, 0.3) is 0 Å². The molecule has 0 heterocycles. The van der Waals surface area contributed by atoms with E-state index < -0.39 is 0 Å². The highest BCUT2D eigenvalue weighted by Gasteiger charge is 1.87. The third-order valence-electron chi connectivity index (χ3n) is 1.40. The standard InChI is InChI=1S/C10H11ClO2/c11-9-13-7-6-12-8-10-4-2-1-3-5-10/h1-7H,8-9H2/b7-6+. The third-order valence-corrected chi connectivity index (χ3v) is 1.53. The quantitative estimate of drug-likeness (QED) is 0.535. The fraction of sp³-hybridized carbons (Fsp3) is 0.200. The fourth-order valence-electron chi connectivity index (χ4n) is 0.834. The Morgan fingerprint density at radius 2 is 1.77 bits per heavy atom. The maximum atomic E-state index is 5.27. The van der Waals surface area contributed by atoms with Crippen LogP contribution < -0.4 is 0 Å². The molecule has 0 atom stereocenters. The summed E-state index contributed by atoms with van der Waals surface area (Å²) in [4.78, 5) is 0. The number of halogens is 1. The Hall–Kier alpha value is -1.15. The van der Waals surface area contributed by atoms with Gasteiger partial charge in [0.1, 0.15) is 19.1 Å². The Labute approximate surface area is 82.7 Å². The molecular weight excluding hydrogens is 188 g/mol. The number of benzene rings is 1. The third kappa shape index (κ3) is 4.43. The van der Waals surface area contributed by atoms with Crippen LogP contribution in [-0.4, -0.2) is 6.07 Å². The predicted octanol–water partition coefficient (Wildman–Crippen LogP) is 2.89. The minimum absolute atomic E-state index is 0.144. The van der Waals surface area contributed by atoms with E-state index in [2.05, 4.69) is 0 Å². The number of hydrogen-bond donors (Lipinski definition) is 0. The van der Waals surface area contributed by atoms with Crippen LogP contribution in [0, 0.1) is 0 Å². The molecule has 2 nitrogen and oxygen atoms in total. The lowest BCUT2D eigenvalue weighted by molar-refractivity contribution is 0.213. The maximum absolute atomic E-state index is 5.27. The Balaban J connectivity index is 2.20. The second-order valence-corrected chi connectivity index (χ2v) is 2.56. The summed E-state index contributed by atoms with van der Waals surface area (Å²) in [6.45, 7) is 0.545. The molecular formula is C10H11ClO2. The van der Waals surface area contributed by atoms with E-state index in [1.54, 1.807) is 0 Å². The molecule has 0 saturated carbocycles. The molecule has 70 valence electrons. The fourth-order valence-corrected chi connectivity index (χ4v) is 0.906. The van der Waals surface area contributed by atoms with Crippen LogP contribution in [0.4, 0.5) is 0 Å². The normalized spacial score (nSPS) is 10.2. The van der Waals surface area contributed by atoms with Crippen molar-refractivity contribution in [3.63, 3.8) is 0 Å². The average Bonchev–Trinajstić information content (AvgIpc) is 2.19. The van der Waals surface area contributed by atoms with Crippen molar-refractivity contribution in [3.05, 3.63) is 48.4 Å². The van der Waals surface area contributed by atoms with Crippen LogP contribution in [0.15, 0.2) is 42.9 Å². The zero-order valence-corrected chi connectivity index (χ0v) is 7.91.